The summed E-state index contributed by atoms with van der Waals surface area (Å²) in [5.74, 6) is 1.77. The second-order valence-electron chi connectivity index (χ2n) is 9.33. The Bertz CT molecular complexity index is 1300. The number of phenolic OH excluding ortho intramolecular Hbond substituents is 1. The number of nitrogens with zero attached hydrogens (tertiary/aromatic N) is 3. The molecular formula is C30H29N3O2. The van der Waals surface area contributed by atoms with Crippen molar-refractivity contribution in [1.29, 1.82) is 0 Å². The molecule has 176 valence electrons. The van der Waals surface area contributed by atoms with E-state index < -0.39 is 0 Å². The van der Waals surface area contributed by atoms with E-state index in [2.05, 4.69) is 51.2 Å². The summed E-state index contributed by atoms with van der Waals surface area (Å²) in [7, 11) is 0. The monoisotopic (exact) mass is 463 g/mol. The number of ether oxygens (including phenoxy) is 1. The summed E-state index contributed by atoms with van der Waals surface area (Å²) in [4.78, 5) is 8.99. The molecule has 6 rings (SSSR count). The fraction of sp³-hybridized carbons (Fsp3) is 0.233. The number of likely N-dealkylation sites (tertiary alicyclic amines) is 1. The van der Waals surface area contributed by atoms with Crippen LogP contribution in [-0.2, 0) is 6.42 Å². The topological polar surface area (TPSA) is 48.8 Å². The van der Waals surface area contributed by atoms with Gasteiger partial charge >= 0.3 is 0 Å². The van der Waals surface area contributed by atoms with Crippen LogP contribution in [0.5, 0.6) is 17.2 Å². The van der Waals surface area contributed by atoms with Gasteiger partial charge in [0.1, 0.15) is 11.4 Å². The van der Waals surface area contributed by atoms with Crippen LogP contribution in [0.25, 0.3) is 11.1 Å². The number of hydrogen-bond donors (Lipinski definition) is 1. The molecule has 1 N–H and O–H groups in total. The standard InChI is InChI=1S/C30H29N3O2/c34-27-20-24(23-10-15-31-16-11-23)21-29-30(27)33(26-8-4-5-9-28(26)35-29)25-13-18-32(19-14-25)17-12-22-6-2-1-3-7-22/h1-11,15-16,20-21,25,34H,12-14,17-19H2. The zero-order valence-electron chi connectivity index (χ0n) is 19.7. The lowest BCUT2D eigenvalue weighted by molar-refractivity contribution is 0.214. The quantitative estimate of drug-likeness (QED) is 0.371. The molecule has 2 aliphatic heterocycles. The van der Waals surface area contributed by atoms with Gasteiger partial charge in [-0.25, -0.2) is 0 Å². The fourth-order valence-electron chi connectivity index (χ4n) is 5.32. The lowest BCUT2D eigenvalue weighted by Gasteiger charge is -2.42. The molecule has 4 aromatic rings. The Labute approximate surface area is 206 Å². The SMILES string of the molecule is Oc1cc(-c2ccncc2)cc2c1N(C1CCN(CCc3ccccc3)CC1)c1ccccc1O2. The number of aromatic nitrogens is 1. The van der Waals surface area contributed by atoms with Crippen molar-refractivity contribution in [3.05, 3.63) is 96.8 Å². The van der Waals surface area contributed by atoms with Gasteiger partial charge in [0, 0.05) is 38.1 Å². The number of para-hydroxylation sites is 2. The van der Waals surface area contributed by atoms with Gasteiger partial charge in [-0.1, -0.05) is 42.5 Å². The highest BCUT2D eigenvalue weighted by Gasteiger charge is 2.34. The number of hydrogen-bond acceptors (Lipinski definition) is 5. The Balaban J connectivity index is 1.26. The van der Waals surface area contributed by atoms with Gasteiger partial charge in [0.05, 0.1) is 5.69 Å². The molecule has 0 saturated carbocycles. The molecule has 5 heteroatoms. The average Bonchev–Trinajstić information content (AvgIpc) is 2.92. The largest absolute Gasteiger partial charge is 0.506 e. The highest BCUT2D eigenvalue weighted by Crippen LogP contribution is 2.53. The van der Waals surface area contributed by atoms with Crippen molar-refractivity contribution in [3.63, 3.8) is 0 Å². The van der Waals surface area contributed by atoms with E-state index in [1.54, 1.807) is 12.4 Å². The number of piperidine rings is 1. The molecular weight excluding hydrogens is 434 g/mol. The van der Waals surface area contributed by atoms with E-state index in [1.165, 1.54) is 5.56 Å². The van der Waals surface area contributed by atoms with E-state index in [1.807, 2.05) is 42.5 Å². The minimum absolute atomic E-state index is 0.246. The molecule has 3 aromatic carbocycles. The van der Waals surface area contributed by atoms with Crippen LogP contribution in [0.15, 0.2) is 91.3 Å². The molecule has 0 atom stereocenters. The van der Waals surface area contributed by atoms with E-state index in [0.29, 0.717) is 11.8 Å². The summed E-state index contributed by atoms with van der Waals surface area (Å²) in [6.07, 6.45) is 6.68. The van der Waals surface area contributed by atoms with Gasteiger partial charge in [0.15, 0.2) is 11.5 Å². The van der Waals surface area contributed by atoms with Crippen LogP contribution in [0.2, 0.25) is 0 Å². The molecule has 0 amide bonds. The number of phenols is 1. The first-order valence-electron chi connectivity index (χ1n) is 12.4. The van der Waals surface area contributed by atoms with Crippen molar-refractivity contribution in [2.24, 2.45) is 0 Å². The summed E-state index contributed by atoms with van der Waals surface area (Å²) in [5, 5.41) is 11.2. The fourth-order valence-corrected chi connectivity index (χ4v) is 5.32. The van der Waals surface area contributed by atoms with Crippen molar-refractivity contribution >= 4 is 11.4 Å². The van der Waals surface area contributed by atoms with Crippen LogP contribution < -0.4 is 9.64 Å². The third-order valence-corrected chi connectivity index (χ3v) is 7.14. The molecule has 0 unspecified atom stereocenters. The predicted octanol–water partition coefficient (Wildman–Crippen LogP) is 6.41. The first kappa shape index (κ1) is 21.7. The number of fused-ring (bicyclic) bond motifs is 2. The van der Waals surface area contributed by atoms with Crippen LogP contribution in [0, 0.1) is 0 Å². The molecule has 0 bridgehead atoms. The van der Waals surface area contributed by atoms with Crippen LogP contribution in [0.4, 0.5) is 11.4 Å². The second-order valence-corrected chi connectivity index (χ2v) is 9.33. The van der Waals surface area contributed by atoms with E-state index in [0.717, 1.165) is 67.1 Å². The minimum atomic E-state index is 0.246. The molecule has 0 aliphatic carbocycles. The van der Waals surface area contributed by atoms with Gasteiger partial charge in [-0.3, -0.25) is 4.98 Å². The molecule has 1 fully saturated rings. The van der Waals surface area contributed by atoms with Crippen molar-refractivity contribution in [1.82, 2.24) is 9.88 Å². The van der Waals surface area contributed by atoms with E-state index in [-0.39, 0.29) is 5.75 Å². The average molecular weight is 464 g/mol. The van der Waals surface area contributed by atoms with Crippen molar-refractivity contribution < 1.29 is 9.84 Å². The molecule has 5 nitrogen and oxygen atoms in total. The second kappa shape index (κ2) is 9.43. The number of aromatic hydroxyl groups is 1. The number of anilines is 2. The highest BCUT2D eigenvalue weighted by atomic mass is 16.5. The summed E-state index contributed by atoms with van der Waals surface area (Å²) < 4.78 is 6.32. The van der Waals surface area contributed by atoms with Crippen LogP contribution in [0.1, 0.15) is 18.4 Å². The first-order chi connectivity index (χ1) is 17.3. The van der Waals surface area contributed by atoms with Gasteiger partial charge in [-0.05, 0) is 72.4 Å². The van der Waals surface area contributed by atoms with Crippen LogP contribution in [0.3, 0.4) is 0 Å². The van der Waals surface area contributed by atoms with Gasteiger partial charge in [-0.2, -0.15) is 0 Å². The number of pyridine rings is 1. The number of rotatable bonds is 5. The Morgan fingerprint density at radius 1 is 0.829 bits per heavy atom. The van der Waals surface area contributed by atoms with Crippen LogP contribution >= 0.6 is 0 Å². The molecule has 0 radical (unpaired) electrons. The zero-order chi connectivity index (χ0) is 23.6. The summed E-state index contributed by atoms with van der Waals surface area (Å²) in [5.41, 5.74) is 5.09. The van der Waals surface area contributed by atoms with Crippen molar-refractivity contribution in [2.45, 2.75) is 25.3 Å². The maximum atomic E-state index is 11.2. The van der Waals surface area contributed by atoms with Crippen molar-refractivity contribution in [2.75, 3.05) is 24.5 Å². The molecule has 1 aromatic heterocycles. The van der Waals surface area contributed by atoms with E-state index >= 15 is 0 Å². The lowest BCUT2D eigenvalue weighted by Crippen LogP contribution is -2.44. The maximum absolute atomic E-state index is 11.2. The third-order valence-electron chi connectivity index (χ3n) is 7.14. The molecule has 35 heavy (non-hydrogen) atoms. The minimum Gasteiger partial charge on any atom is -0.506 e. The highest BCUT2D eigenvalue weighted by molar-refractivity contribution is 5.85. The maximum Gasteiger partial charge on any atom is 0.155 e. The summed E-state index contributed by atoms with van der Waals surface area (Å²) in [6, 6.07) is 26.9. The number of benzene rings is 3. The summed E-state index contributed by atoms with van der Waals surface area (Å²) >= 11 is 0. The van der Waals surface area contributed by atoms with Crippen molar-refractivity contribution in [3.8, 4) is 28.4 Å². The Morgan fingerprint density at radius 3 is 2.37 bits per heavy atom. The van der Waals surface area contributed by atoms with Gasteiger partial charge in [0.25, 0.3) is 0 Å². The predicted molar refractivity (Wildman–Crippen MR) is 140 cm³/mol. The molecule has 2 aliphatic rings. The van der Waals surface area contributed by atoms with E-state index in [4.69, 9.17) is 4.74 Å². The van der Waals surface area contributed by atoms with Crippen LogP contribution in [-0.4, -0.2) is 40.7 Å². The smallest absolute Gasteiger partial charge is 0.155 e. The normalized spacial score (nSPS) is 15.8. The van der Waals surface area contributed by atoms with Gasteiger partial charge < -0.3 is 19.6 Å². The first-order valence-corrected chi connectivity index (χ1v) is 12.4. The Kier molecular flexibility index (Phi) is 5.84. The van der Waals surface area contributed by atoms with E-state index in [9.17, 15) is 5.11 Å². The molecule has 0 spiro atoms. The summed E-state index contributed by atoms with van der Waals surface area (Å²) in [6.45, 7) is 3.16. The van der Waals surface area contributed by atoms with Gasteiger partial charge in [-0.15, -0.1) is 0 Å². The third kappa shape index (κ3) is 4.35. The Morgan fingerprint density at radius 2 is 1.57 bits per heavy atom. The molecule has 1 saturated heterocycles. The lowest BCUT2D eigenvalue weighted by atomic mass is 9.97. The zero-order valence-corrected chi connectivity index (χ0v) is 19.7. The van der Waals surface area contributed by atoms with Gasteiger partial charge in [0.2, 0.25) is 0 Å². The Hall–Kier alpha value is -3.83. The molecule has 3 heterocycles.